The highest BCUT2D eigenvalue weighted by Crippen LogP contribution is 2.27. The van der Waals surface area contributed by atoms with Gasteiger partial charge in [-0.2, -0.15) is 0 Å². The Morgan fingerprint density at radius 2 is 2.06 bits per heavy atom. The molecule has 0 aromatic rings. The molecule has 0 amide bonds. The molecule has 0 saturated carbocycles. The van der Waals surface area contributed by atoms with E-state index in [9.17, 15) is 0 Å². The summed E-state index contributed by atoms with van der Waals surface area (Å²) >= 11 is 0. The Labute approximate surface area is 102 Å². The third-order valence-electron chi connectivity index (χ3n) is 2.92. The van der Waals surface area contributed by atoms with Gasteiger partial charge in [0.2, 0.25) is 0 Å². The second-order valence-corrected chi connectivity index (χ2v) is 3.92. The van der Waals surface area contributed by atoms with Crippen LogP contribution in [0.3, 0.4) is 0 Å². The highest BCUT2D eigenvalue weighted by molar-refractivity contribution is 5.34. The summed E-state index contributed by atoms with van der Waals surface area (Å²) < 4.78 is 0. The fraction of sp³-hybridized carbons (Fsp3) is 0.600. The first kappa shape index (κ1) is 15.2. The van der Waals surface area contributed by atoms with Crippen molar-refractivity contribution in [2.24, 2.45) is 0 Å². The van der Waals surface area contributed by atoms with Gasteiger partial charge in [0.25, 0.3) is 0 Å². The van der Waals surface area contributed by atoms with Gasteiger partial charge in [-0.15, -0.1) is 0 Å². The molecule has 1 aliphatic rings. The van der Waals surface area contributed by atoms with Crippen LogP contribution in [0.15, 0.2) is 36.5 Å². The normalized spacial score (nSPS) is 21.2. The van der Waals surface area contributed by atoms with E-state index in [-0.39, 0.29) is 0 Å². The van der Waals surface area contributed by atoms with Crippen LogP contribution in [0, 0.1) is 0 Å². The minimum atomic E-state index is 0.579. The molecule has 1 heteroatoms. The van der Waals surface area contributed by atoms with E-state index < -0.39 is 0 Å². The van der Waals surface area contributed by atoms with Crippen LogP contribution in [0.2, 0.25) is 0 Å². The van der Waals surface area contributed by atoms with Crippen LogP contribution in [0.5, 0.6) is 0 Å². The Kier molecular flexibility index (Phi) is 7.92. The third-order valence-corrected chi connectivity index (χ3v) is 2.92. The quantitative estimate of drug-likeness (QED) is 0.644. The predicted molar refractivity (Wildman–Crippen MR) is 74.7 cm³/mol. The zero-order valence-corrected chi connectivity index (χ0v) is 11.4. The predicted octanol–water partition coefficient (Wildman–Crippen LogP) is 4.19. The molecule has 0 radical (unpaired) electrons. The second kappa shape index (κ2) is 8.35. The monoisotopic (exact) mass is 221 g/mol. The summed E-state index contributed by atoms with van der Waals surface area (Å²) in [4.78, 5) is 2.52. The second-order valence-electron chi connectivity index (χ2n) is 3.92. The maximum atomic E-state index is 4.04. The van der Waals surface area contributed by atoms with Crippen molar-refractivity contribution >= 4 is 0 Å². The van der Waals surface area contributed by atoms with Crippen molar-refractivity contribution in [3.8, 4) is 0 Å². The largest absolute Gasteiger partial charge is 0.297 e. The van der Waals surface area contributed by atoms with E-state index in [1.807, 2.05) is 19.9 Å². The van der Waals surface area contributed by atoms with Crippen LogP contribution in [-0.4, -0.2) is 24.0 Å². The maximum Gasteiger partial charge on any atom is 0.0350 e. The number of likely N-dealkylation sites (tertiary alicyclic amines) is 1. The number of hydrogen-bond acceptors (Lipinski definition) is 1. The molecule has 0 N–H and O–H groups in total. The van der Waals surface area contributed by atoms with E-state index in [1.54, 1.807) is 0 Å². The highest BCUT2D eigenvalue weighted by atomic mass is 15.2. The van der Waals surface area contributed by atoms with Crippen LogP contribution in [0.1, 0.15) is 40.5 Å². The fourth-order valence-corrected chi connectivity index (χ4v) is 2.22. The Morgan fingerprint density at radius 1 is 1.44 bits per heavy atom. The zero-order chi connectivity index (χ0) is 12.6. The minimum absolute atomic E-state index is 0.579. The van der Waals surface area contributed by atoms with E-state index in [0.717, 1.165) is 6.54 Å². The number of allylic oxidation sites excluding steroid dienone is 2. The van der Waals surface area contributed by atoms with Gasteiger partial charge in [-0.25, -0.2) is 0 Å². The first-order valence-electron chi connectivity index (χ1n) is 6.43. The van der Waals surface area contributed by atoms with Crippen LogP contribution < -0.4 is 0 Å². The van der Waals surface area contributed by atoms with Crippen molar-refractivity contribution < 1.29 is 0 Å². The fourth-order valence-electron chi connectivity index (χ4n) is 2.22. The standard InChI is InChI=1S/C13H21N.C2H6/c1-5-8-12(11(3)4)13-9-7-10-14(13)6-2;1-2/h5,8,13H,1,3,6-7,9-10H2,2,4H3;1-2H3/b12-8+;/t13-;/m0./s1. The smallest absolute Gasteiger partial charge is 0.0350 e. The van der Waals surface area contributed by atoms with Gasteiger partial charge in [0.1, 0.15) is 0 Å². The van der Waals surface area contributed by atoms with Crippen LogP contribution in [-0.2, 0) is 0 Å². The highest BCUT2D eigenvalue weighted by Gasteiger charge is 2.25. The van der Waals surface area contributed by atoms with Crippen LogP contribution in [0.4, 0.5) is 0 Å². The molecular formula is C15H27N. The molecule has 16 heavy (non-hydrogen) atoms. The summed E-state index contributed by atoms with van der Waals surface area (Å²) in [5.41, 5.74) is 2.54. The number of likely N-dealkylation sites (N-methyl/N-ethyl adjacent to an activating group) is 1. The Hall–Kier alpha value is -0.820. The van der Waals surface area contributed by atoms with Crippen LogP contribution >= 0.6 is 0 Å². The van der Waals surface area contributed by atoms with Gasteiger partial charge < -0.3 is 0 Å². The molecule has 0 bridgehead atoms. The zero-order valence-electron chi connectivity index (χ0n) is 11.4. The molecule has 92 valence electrons. The van der Waals surface area contributed by atoms with Gasteiger partial charge in [0.05, 0.1) is 0 Å². The molecule has 0 unspecified atom stereocenters. The molecule has 1 saturated heterocycles. The lowest BCUT2D eigenvalue weighted by molar-refractivity contribution is 0.298. The van der Waals surface area contributed by atoms with Crippen molar-refractivity contribution in [3.05, 3.63) is 36.5 Å². The summed E-state index contributed by atoms with van der Waals surface area (Å²) in [6.45, 7) is 18.5. The molecule has 0 aliphatic carbocycles. The van der Waals surface area contributed by atoms with E-state index in [0.29, 0.717) is 6.04 Å². The number of hydrogen-bond donors (Lipinski definition) is 0. The topological polar surface area (TPSA) is 3.24 Å². The Balaban J connectivity index is 0.00000106. The minimum Gasteiger partial charge on any atom is -0.297 e. The van der Waals surface area contributed by atoms with Crippen LogP contribution in [0.25, 0.3) is 0 Å². The molecular weight excluding hydrogens is 194 g/mol. The van der Waals surface area contributed by atoms with Gasteiger partial charge >= 0.3 is 0 Å². The summed E-state index contributed by atoms with van der Waals surface area (Å²) in [6.07, 6.45) is 6.55. The maximum absolute atomic E-state index is 4.04. The van der Waals surface area contributed by atoms with Gasteiger partial charge in [0.15, 0.2) is 0 Å². The first-order chi connectivity index (χ1) is 7.70. The van der Waals surface area contributed by atoms with Crippen molar-refractivity contribution in [2.75, 3.05) is 13.1 Å². The van der Waals surface area contributed by atoms with Gasteiger partial charge in [-0.05, 0) is 38.4 Å². The average molecular weight is 221 g/mol. The van der Waals surface area contributed by atoms with E-state index >= 15 is 0 Å². The molecule has 1 rings (SSSR count). The summed E-state index contributed by atoms with van der Waals surface area (Å²) in [7, 11) is 0. The molecule has 0 spiro atoms. The van der Waals surface area contributed by atoms with Crippen molar-refractivity contribution in [1.82, 2.24) is 4.90 Å². The van der Waals surface area contributed by atoms with Gasteiger partial charge in [-0.3, -0.25) is 4.90 Å². The van der Waals surface area contributed by atoms with E-state index in [4.69, 9.17) is 0 Å². The van der Waals surface area contributed by atoms with Crippen molar-refractivity contribution in [3.63, 3.8) is 0 Å². The first-order valence-corrected chi connectivity index (χ1v) is 6.43. The molecule has 0 aromatic heterocycles. The lowest BCUT2D eigenvalue weighted by Gasteiger charge is -2.25. The van der Waals surface area contributed by atoms with E-state index in [2.05, 4.69) is 38.0 Å². The molecule has 1 heterocycles. The SMILES string of the molecule is C=C/C=C(\C(=C)C)[C@@H]1CCCN1CC.CC. The van der Waals surface area contributed by atoms with Gasteiger partial charge in [0, 0.05) is 6.04 Å². The Morgan fingerprint density at radius 3 is 2.50 bits per heavy atom. The average Bonchev–Trinajstić information content (AvgIpc) is 2.76. The van der Waals surface area contributed by atoms with Crippen molar-refractivity contribution in [2.45, 2.75) is 46.6 Å². The molecule has 0 aromatic carbocycles. The molecule has 1 aliphatic heterocycles. The Bertz CT molecular complexity index is 250. The molecule has 1 nitrogen and oxygen atoms in total. The lowest BCUT2D eigenvalue weighted by atomic mass is 9.98. The summed E-state index contributed by atoms with van der Waals surface area (Å²) in [5, 5.41) is 0. The third kappa shape index (κ3) is 3.97. The lowest BCUT2D eigenvalue weighted by Crippen LogP contribution is -2.30. The van der Waals surface area contributed by atoms with Gasteiger partial charge in [-0.1, -0.05) is 51.7 Å². The number of nitrogens with zero attached hydrogens (tertiary/aromatic N) is 1. The molecule has 1 atom stereocenters. The van der Waals surface area contributed by atoms with E-state index in [1.165, 1.54) is 30.5 Å². The number of rotatable bonds is 4. The summed E-state index contributed by atoms with van der Waals surface area (Å²) in [5.74, 6) is 0. The molecule has 1 fully saturated rings. The summed E-state index contributed by atoms with van der Waals surface area (Å²) in [6, 6.07) is 0.579. The van der Waals surface area contributed by atoms with Crippen molar-refractivity contribution in [1.29, 1.82) is 0 Å².